The Balaban J connectivity index is 1.15. The highest BCUT2D eigenvalue weighted by atomic mass is 16.5. The number of carbonyl (C=O) groups is 1. The molecule has 3 atom stereocenters. The van der Waals surface area contributed by atoms with Crippen molar-refractivity contribution in [1.82, 2.24) is 15.5 Å². The van der Waals surface area contributed by atoms with Crippen molar-refractivity contribution < 1.29 is 9.53 Å². The van der Waals surface area contributed by atoms with Crippen molar-refractivity contribution in [3.05, 3.63) is 35.9 Å². The zero-order valence-corrected chi connectivity index (χ0v) is 14.8. The molecule has 4 rings (SSSR count). The van der Waals surface area contributed by atoms with Crippen LogP contribution in [0, 0.1) is 5.92 Å². The summed E-state index contributed by atoms with van der Waals surface area (Å²) < 4.78 is 5.46. The van der Waals surface area contributed by atoms with E-state index in [4.69, 9.17) is 4.74 Å². The van der Waals surface area contributed by atoms with Crippen LogP contribution < -0.4 is 10.6 Å². The van der Waals surface area contributed by atoms with Gasteiger partial charge in [0.15, 0.2) is 0 Å². The van der Waals surface area contributed by atoms with Gasteiger partial charge in [-0.3, -0.25) is 0 Å². The third-order valence-electron chi connectivity index (χ3n) is 5.80. The average molecular weight is 343 g/mol. The second kappa shape index (κ2) is 7.75. The first-order valence-corrected chi connectivity index (χ1v) is 9.70. The number of rotatable bonds is 5. The number of amides is 2. The highest BCUT2D eigenvalue weighted by Gasteiger charge is 2.39. The second-order valence-corrected chi connectivity index (χ2v) is 7.78. The minimum absolute atomic E-state index is 0.00562. The van der Waals surface area contributed by atoms with Crippen molar-refractivity contribution in [2.24, 2.45) is 5.92 Å². The van der Waals surface area contributed by atoms with Gasteiger partial charge < -0.3 is 20.3 Å². The Morgan fingerprint density at radius 3 is 2.64 bits per heavy atom. The predicted molar refractivity (Wildman–Crippen MR) is 97.6 cm³/mol. The van der Waals surface area contributed by atoms with Crippen molar-refractivity contribution >= 4 is 6.03 Å². The summed E-state index contributed by atoms with van der Waals surface area (Å²) >= 11 is 0. The molecule has 0 aromatic heterocycles. The number of benzene rings is 1. The molecule has 2 N–H and O–H groups in total. The van der Waals surface area contributed by atoms with Crippen molar-refractivity contribution in [2.45, 2.75) is 43.7 Å². The molecule has 1 saturated carbocycles. The normalized spacial score (nSPS) is 30.2. The summed E-state index contributed by atoms with van der Waals surface area (Å²) in [5.41, 5.74) is 1.33. The fraction of sp³-hybridized carbons (Fsp3) is 0.650. The topological polar surface area (TPSA) is 53.6 Å². The lowest BCUT2D eigenvalue weighted by Gasteiger charge is -2.33. The fourth-order valence-corrected chi connectivity index (χ4v) is 4.17. The highest BCUT2D eigenvalue weighted by molar-refractivity contribution is 5.75. The SMILES string of the molecule is O=C(NC1CCN(CC2CCOC2)CC1)NC1CC1c1ccccc1. The van der Waals surface area contributed by atoms with Crippen LogP contribution in [0.25, 0.3) is 0 Å². The third kappa shape index (κ3) is 4.53. The van der Waals surface area contributed by atoms with Crippen LogP contribution in [-0.2, 0) is 4.74 Å². The molecule has 0 bridgehead atoms. The molecule has 2 aliphatic heterocycles. The molecule has 1 aromatic carbocycles. The maximum Gasteiger partial charge on any atom is 0.315 e. The number of hydrogen-bond acceptors (Lipinski definition) is 3. The summed E-state index contributed by atoms with van der Waals surface area (Å²) in [6, 6.07) is 11.1. The van der Waals surface area contributed by atoms with E-state index in [0.29, 0.717) is 23.9 Å². The van der Waals surface area contributed by atoms with Crippen LogP contribution in [0.1, 0.15) is 37.2 Å². The number of ether oxygens (including phenoxy) is 1. The van der Waals surface area contributed by atoms with Gasteiger partial charge in [-0.05, 0) is 37.2 Å². The van der Waals surface area contributed by atoms with Gasteiger partial charge in [0.05, 0.1) is 6.61 Å². The number of likely N-dealkylation sites (tertiary alicyclic amines) is 1. The highest BCUT2D eigenvalue weighted by Crippen LogP contribution is 2.40. The molecule has 136 valence electrons. The van der Waals surface area contributed by atoms with Crippen LogP contribution in [0.5, 0.6) is 0 Å². The first-order valence-electron chi connectivity index (χ1n) is 9.70. The van der Waals surface area contributed by atoms with Gasteiger partial charge in [-0.1, -0.05) is 30.3 Å². The summed E-state index contributed by atoms with van der Waals surface area (Å²) in [5, 5.41) is 6.31. The third-order valence-corrected chi connectivity index (χ3v) is 5.80. The number of piperidine rings is 1. The van der Waals surface area contributed by atoms with Crippen LogP contribution in [0.15, 0.2) is 30.3 Å². The zero-order chi connectivity index (χ0) is 17.1. The average Bonchev–Trinajstić information content (AvgIpc) is 3.20. The second-order valence-electron chi connectivity index (χ2n) is 7.78. The van der Waals surface area contributed by atoms with Crippen molar-refractivity contribution in [3.63, 3.8) is 0 Å². The predicted octanol–water partition coefficient (Wildman–Crippen LogP) is 2.34. The fourth-order valence-electron chi connectivity index (χ4n) is 4.17. The molecular weight excluding hydrogens is 314 g/mol. The van der Waals surface area contributed by atoms with Gasteiger partial charge in [0, 0.05) is 44.2 Å². The van der Waals surface area contributed by atoms with E-state index in [1.54, 1.807) is 0 Å². The van der Waals surface area contributed by atoms with Crippen LogP contribution in [0.3, 0.4) is 0 Å². The molecule has 5 heteroatoms. The smallest absolute Gasteiger partial charge is 0.315 e. The van der Waals surface area contributed by atoms with E-state index in [1.165, 1.54) is 12.0 Å². The Labute approximate surface area is 150 Å². The largest absolute Gasteiger partial charge is 0.381 e. The quantitative estimate of drug-likeness (QED) is 0.863. The Morgan fingerprint density at radius 1 is 1.12 bits per heavy atom. The first kappa shape index (κ1) is 16.9. The van der Waals surface area contributed by atoms with Gasteiger partial charge in [-0.25, -0.2) is 4.79 Å². The summed E-state index contributed by atoms with van der Waals surface area (Å²) in [6.45, 7) is 5.16. The molecule has 1 aliphatic carbocycles. The van der Waals surface area contributed by atoms with E-state index >= 15 is 0 Å². The van der Waals surface area contributed by atoms with Gasteiger partial charge in [0.1, 0.15) is 0 Å². The molecule has 5 nitrogen and oxygen atoms in total. The van der Waals surface area contributed by atoms with Gasteiger partial charge >= 0.3 is 6.03 Å². The molecule has 25 heavy (non-hydrogen) atoms. The molecule has 3 unspecified atom stereocenters. The molecule has 0 spiro atoms. The summed E-state index contributed by atoms with van der Waals surface area (Å²) in [5.74, 6) is 1.19. The molecule has 2 heterocycles. The number of nitrogens with one attached hydrogen (secondary N) is 2. The molecular formula is C20H29N3O2. The van der Waals surface area contributed by atoms with E-state index in [1.807, 2.05) is 6.07 Å². The summed E-state index contributed by atoms with van der Waals surface area (Å²) in [7, 11) is 0. The Bertz CT molecular complexity index is 566. The number of carbonyl (C=O) groups excluding carboxylic acids is 1. The Morgan fingerprint density at radius 2 is 1.92 bits per heavy atom. The summed E-state index contributed by atoms with van der Waals surface area (Å²) in [6.07, 6.45) is 4.35. The zero-order valence-electron chi connectivity index (χ0n) is 14.8. The van der Waals surface area contributed by atoms with Crippen LogP contribution >= 0.6 is 0 Å². The Hall–Kier alpha value is -1.59. The summed E-state index contributed by atoms with van der Waals surface area (Å²) in [4.78, 5) is 14.8. The minimum Gasteiger partial charge on any atom is -0.381 e. The lowest BCUT2D eigenvalue weighted by atomic mass is 10.0. The van der Waals surface area contributed by atoms with Crippen molar-refractivity contribution in [1.29, 1.82) is 0 Å². The molecule has 1 aromatic rings. The lowest BCUT2D eigenvalue weighted by molar-refractivity contribution is 0.148. The number of nitrogens with zero attached hydrogens (tertiary/aromatic N) is 1. The van der Waals surface area contributed by atoms with E-state index in [2.05, 4.69) is 39.8 Å². The maximum absolute atomic E-state index is 12.2. The molecule has 0 radical (unpaired) electrons. The van der Waals surface area contributed by atoms with E-state index in [-0.39, 0.29) is 6.03 Å². The Kier molecular flexibility index (Phi) is 5.22. The monoisotopic (exact) mass is 343 g/mol. The molecule has 3 fully saturated rings. The molecule has 2 saturated heterocycles. The van der Waals surface area contributed by atoms with E-state index < -0.39 is 0 Å². The number of hydrogen-bond donors (Lipinski definition) is 2. The van der Waals surface area contributed by atoms with Gasteiger partial charge in [0.25, 0.3) is 0 Å². The minimum atomic E-state index is 0.00562. The molecule has 2 amide bonds. The van der Waals surface area contributed by atoms with Gasteiger partial charge in [0.2, 0.25) is 0 Å². The first-order chi connectivity index (χ1) is 12.3. The van der Waals surface area contributed by atoms with E-state index in [9.17, 15) is 4.79 Å². The standard InChI is InChI=1S/C20H29N3O2/c24-20(22-19-12-18(19)16-4-2-1-3-5-16)21-17-6-9-23(10-7-17)13-15-8-11-25-14-15/h1-5,15,17-19H,6-14H2,(H2,21,22,24). The number of urea groups is 1. The van der Waals surface area contributed by atoms with Crippen LogP contribution in [-0.4, -0.2) is 55.9 Å². The maximum atomic E-state index is 12.2. The van der Waals surface area contributed by atoms with E-state index in [0.717, 1.165) is 52.1 Å². The van der Waals surface area contributed by atoms with Crippen molar-refractivity contribution in [3.8, 4) is 0 Å². The van der Waals surface area contributed by atoms with Gasteiger partial charge in [-0.15, -0.1) is 0 Å². The van der Waals surface area contributed by atoms with Crippen LogP contribution in [0.4, 0.5) is 4.79 Å². The van der Waals surface area contributed by atoms with Crippen LogP contribution in [0.2, 0.25) is 0 Å². The van der Waals surface area contributed by atoms with Crippen molar-refractivity contribution in [2.75, 3.05) is 32.8 Å². The lowest BCUT2D eigenvalue weighted by Crippen LogP contribution is -2.49. The molecule has 3 aliphatic rings. The van der Waals surface area contributed by atoms with Gasteiger partial charge in [-0.2, -0.15) is 0 Å².